The zero-order chi connectivity index (χ0) is 8.23. The molecular weight excluding hydrogens is 168 g/mol. The molecule has 2 nitrogen and oxygen atoms in total. The Balaban J connectivity index is 1.86. The zero-order valence-electron chi connectivity index (χ0n) is 7.12. The first-order chi connectivity index (χ1) is 5.95. The molecule has 0 aromatic carbocycles. The number of hydrogen-bond donors (Lipinski definition) is 1. The molecule has 0 bridgehead atoms. The lowest BCUT2D eigenvalue weighted by Crippen LogP contribution is -2.30. The van der Waals surface area contributed by atoms with Crippen LogP contribution in [-0.4, -0.2) is 18.1 Å². The third-order valence-corrected chi connectivity index (χ3v) is 3.15. The van der Waals surface area contributed by atoms with E-state index in [1.165, 1.54) is 37.4 Å². The molecule has 12 heavy (non-hydrogen) atoms. The quantitative estimate of drug-likeness (QED) is 0.753. The van der Waals surface area contributed by atoms with Crippen molar-refractivity contribution >= 4 is 11.3 Å². The normalized spacial score (nSPS) is 24.2. The van der Waals surface area contributed by atoms with Crippen molar-refractivity contribution in [2.24, 2.45) is 5.92 Å². The van der Waals surface area contributed by atoms with E-state index in [0.29, 0.717) is 0 Å². The van der Waals surface area contributed by atoms with Gasteiger partial charge in [-0.05, 0) is 31.8 Å². The maximum Gasteiger partial charge on any atom is 0.0928 e. The molecular formula is C9H14N2S. The van der Waals surface area contributed by atoms with Gasteiger partial charge in [-0.3, -0.25) is 0 Å². The van der Waals surface area contributed by atoms with Gasteiger partial charge in [0, 0.05) is 18.0 Å². The Labute approximate surface area is 77.0 Å². The van der Waals surface area contributed by atoms with Crippen LogP contribution in [0.2, 0.25) is 0 Å². The monoisotopic (exact) mass is 182 g/mol. The maximum absolute atomic E-state index is 4.30. The summed E-state index contributed by atoms with van der Waals surface area (Å²) in [5, 5.41) is 6.78. The molecule has 2 heterocycles. The molecule has 1 atom stereocenters. The van der Waals surface area contributed by atoms with Gasteiger partial charge in [-0.15, -0.1) is 11.3 Å². The number of nitrogens with one attached hydrogen (secondary N) is 1. The standard InChI is InChI=1S/C9H14N2S/c1-2-8(7-10-3-1)6-9-11-4-5-12-9/h4-5,8,10H,1-3,6-7H2/t8-/m1/s1. The molecule has 0 amide bonds. The molecule has 0 saturated carbocycles. The Morgan fingerprint density at radius 1 is 1.67 bits per heavy atom. The van der Waals surface area contributed by atoms with Crippen LogP contribution in [0.25, 0.3) is 0 Å². The molecule has 1 aliphatic rings. The molecule has 1 aliphatic heterocycles. The smallest absolute Gasteiger partial charge is 0.0928 e. The summed E-state index contributed by atoms with van der Waals surface area (Å²) in [6.07, 6.45) is 5.77. The average Bonchev–Trinajstić information content (AvgIpc) is 2.59. The highest BCUT2D eigenvalue weighted by atomic mass is 32.1. The Kier molecular flexibility index (Phi) is 2.74. The second-order valence-corrected chi connectivity index (χ2v) is 4.32. The fraction of sp³-hybridized carbons (Fsp3) is 0.667. The molecule has 66 valence electrons. The fourth-order valence-electron chi connectivity index (χ4n) is 1.70. The predicted octanol–water partition coefficient (Wildman–Crippen LogP) is 1.69. The van der Waals surface area contributed by atoms with Gasteiger partial charge in [-0.2, -0.15) is 0 Å². The Morgan fingerprint density at radius 3 is 3.33 bits per heavy atom. The third kappa shape index (κ3) is 2.05. The minimum Gasteiger partial charge on any atom is -0.316 e. The minimum atomic E-state index is 0.824. The fourth-order valence-corrected chi connectivity index (χ4v) is 2.43. The molecule has 1 aromatic heterocycles. The molecule has 0 radical (unpaired) electrons. The summed E-state index contributed by atoms with van der Waals surface area (Å²) in [6.45, 7) is 2.38. The van der Waals surface area contributed by atoms with Crippen LogP contribution < -0.4 is 5.32 Å². The van der Waals surface area contributed by atoms with Crippen LogP contribution in [0, 0.1) is 5.92 Å². The van der Waals surface area contributed by atoms with E-state index in [1.807, 2.05) is 6.20 Å². The van der Waals surface area contributed by atoms with E-state index in [-0.39, 0.29) is 0 Å². The lowest BCUT2D eigenvalue weighted by atomic mass is 9.97. The maximum atomic E-state index is 4.30. The lowest BCUT2D eigenvalue weighted by molar-refractivity contribution is 0.376. The summed E-state index contributed by atoms with van der Waals surface area (Å²) in [7, 11) is 0. The van der Waals surface area contributed by atoms with Gasteiger partial charge >= 0.3 is 0 Å². The van der Waals surface area contributed by atoms with E-state index in [4.69, 9.17) is 0 Å². The second-order valence-electron chi connectivity index (χ2n) is 3.34. The topological polar surface area (TPSA) is 24.9 Å². The van der Waals surface area contributed by atoms with Gasteiger partial charge in [0.2, 0.25) is 0 Å². The average molecular weight is 182 g/mol. The molecule has 0 unspecified atom stereocenters. The summed E-state index contributed by atoms with van der Waals surface area (Å²) in [5.41, 5.74) is 0. The third-order valence-electron chi connectivity index (χ3n) is 2.35. The number of nitrogens with zero attached hydrogens (tertiary/aromatic N) is 1. The predicted molar refractivity (Wildman–Crippen MR) is 51.4 cm³/mol. The highest BCUT2D eigenvalue weighted by Crippen LogP contribution is 2.17. The van der Waals surface area contributed by atoms with Crippen molar-refractivity contribution in [2.75, 3.05) is 13.1 Å². The van der Waals surface area contributed by atoms with Crippen molar-refractivity contribution in [2.45, 2.75) is 19.3 Å². The first-order valence-corrected chi connectivity index (χ1v) is 5.42. The lowest BCUT2D eigenvalue weighted by Gasteiger charge is -2.21. The van der Waals surface area contributed by atoms with Gasteiger partial charge in [0.1, 0.15) is 0 Å². The summed E-state index contributed by atoms with van der Waals surface area (Å²) in [5.74, 6) is 0.824. The molecule has 0 spiro atoms. The van der Waals surface area contributed by atoms with E-state index in [9.17, 15) is 0 Å². The molecule has 2 rings (SSSR count). The molecule has 3 heteroatoms. The number of piperidine rings is 1. The zero-order valence-corrected chi connectivity index (χ0v) is 7.94. The van der Waals surface area contributed by atoms with E-state index in [0.717, 1.165) is 5.92 Å². The number of rotatable bonds is 2. The van der Waals surface area contributed by atoms with Crippen molar-refractivity contribution < 1.29 is 0 Å². The SMILES string of the molecule is c1csc(C[C@H]2CCCNC2)n1. The van der Waals surface area contributed by atoms with Crippen LogP contribution in [0.15, 0.2) is 11.6 Å². The Bertz CT molecular complexity index is 214. The van der Waals surface area contributed by atoms with E-state index < -0.39 is 0 Å². The summed E-state index contributed by atoms with van der Waals surface area (Å²) in [4.78, 5) is 4.30. The molecule has 1 saturated heterocycles. The molecule has 1 N–H and O–H groups in total. The van der Waals surface area contributed by atoms with Crippen LogP contribution in [0.3, 0.4) is 0 Å². The van der Waals surface area contributed by atoms with Crippen LogP contribution in [-0.2, 0) is 6.42 Å². The van der Waals surface area contributed by atoms with Crippen molar-refractivity contribution in [3.63, 3.8) is 0 Å². The largest absolute Gasteiger partial charge is 0.316 e. The van der Waals surface area contributed by atoms with E-state index in [1.54, 1.807) is 11.3 Å². The van der Waals surface area contributed by atoms with Crippen molar-refractivity contribution in [3.8, 4) is 0 Å². The van der Waals surface area contributed by atoms with Crippen molar-refractivity contribution in [3.05, 3.63) is 16.6 Å². The van der Waals surface area contributed by atoms with Gasteiger partial charge in [0.25, 0.3) is 0 Å². The van der Waals surface area contributed by atoms with Gasteiger partial charge in [-0.1, -0.05) is 0 Å². The second kappa shape index (κ2) is 4.01. The van der Waals surface area contributed by atoms with Gasteiger partial charge < -0.3 is 5.32 Å². The first kappa shape index (κ1) is 8.20. The van der Waals surface area contributed by atoms with Gasteiger partial charge in [0.15, 0.2) is 0 Å². The van der Waals surface area contributed by atoms with Crippen LogP contribution >= 0.6 is 11.3 Å². The van der Waals surface area contributed by atoms with Crippen LogP contribution in [0.5, 0.6) is 0 Å². The van der Waals surface area contributed by atoms with E-state index in [2.05, 4.69) is 15.7 Å². The summed E-state index contributed by atoms with van der Waals surface area (Å²) in [6, 6.07) is 0. The summed E-state index contributed by atoms with van der Waals surface area (Å²) >= 11 is 1.78. The Morgan fingerprint density at radius 2 is 2.67 bits per heavy atom. The Hall–Kier alpha value is -0.410. The first-order valence-electron chi connectivity index (χ1n) is 4.54. The van der Waals surface area contributed by atoms with Crippen molar-refractivity contribution in [1.29, 1.82) is 0 Å². The highest BCUT2D eigenvalue weighted by molar-refractivity contribution is 7.09. The number of thiazole rings is 1. The molecule has 1 aromatic rings. The minimum absolute atomic E-state index is 0.824. The van der Waals surface area contributed by atoms with Crippen LogP contribution in [0.1, 0.15) is 17.8 Å². The van der Waals surface area contributed by atoms with E-state index >= 15 is 0 Å². The molecule has 0 aliphatic carbocycles. The summed E-state index contributed by atoms with van der Waals surface area (Å²) < 4.78 is 0. The van der Waals surface area contributed by atoms with Gasteiger partial charge in [-0.25, -0.2) is 4.98 Å². The van der Waals surface area contributed by atoms with Crippen LogP contribution in [0.4, 0.5) is 0 Å². The number of hydrogen-bond acceptors (Lipinski definition) is 3. The molecule has 1 fully saturated rings. The van der Waals surface area contributed by atoms with Gasteiger partial charge in [0.05, 0.1) is 5.01 Å². The van der Waals surface area contributed by atoms with Crippen molar-refractivity contribution in [1.82, 2.24) is 10.3 Å². The number of aromatic nitrogens is 1. The highest BCUT2D eigenvalue weighted by Gasteiger charge is 2.13.